The number of benzene rings is 1. The van der Waals surface area contributed by atoms with Crippen molar-refractivity contribution in [3.63, 3.8) is 0 Å². The van der Waals surface area contributed by atoms with Crippen LogP contribution in [0.1, 0.15) is 34.5 Å². The number of aryl methyl sites for hydroxylation is 3. The van der Waals surface area contributed by atoms with Gasteiger partial charge in [0.25, 0.3) is 11.7 Å². The standard InChI is InChI=1S/C15H16N6O/c1-4-12-17-15-19-18-13(10(3)21(15)20-12)14(22)16-11-8-6-5-7-9(11)2/h5-8H,4H2,1-3H3,(H,16,22). The van der Waals surface area contributed by atoms with Gasteiger partial charge in [0.05, 0.1) is 5.69 Å². The van der Waals surface area contributed by atoms with Crippen molar-refractivity contribution in [1.29, 1.82) is 0 Å². The summed E-state index contributed by atoms with van der Waals surface area (Å²) in [6.45, 7) is 5.67. The second-order valence-corrected chi connectivity index (χ2v) is 5.00. The molecular weight excluding hydrogens is 280 g/mol. The normalized spacial score (nSPS) is 10.9. The lowest BCUT2D eigenvalue weighted by atomic mass is 10.2. The van der Waals surface area contributed by atoms with Gasteiger partial charge < -0.3 is 5.32 Å². The molecule has 0 aliphatic rings. The highest BCUT2D eigenvalue weighted by atomic mass is 16.2. The fourth-order valence-electron chi connectivity index (χ4n) is 2.16. The Bertz CT molecular complexity index is 854. The Morgan fingerprint density at radius 2 is 2.00 bits per heavy atom. The van der Waals surface area contributed by atoms with E-state index in [2.05, 4.69) is 25.6 Å². The van der Waals surface area contributed by atoms with Gasteiger partial charge in [0, 0.05) is 12.1 Å². The van der Waals surface area contributed by atoms with Crippen LogP contribution in [0.2, 0.25) is 0 Å². The summed E-state index contributed by atoms with van der Waals surface area (Å²) < 4.78 is 1.55. The zero-order valence-corrected chi connectivity index (χ0v) is 12.7. The fraction of sp³-hybridized carbons (Fsp3) is 0.267. The van der Waals surface area contributed by atoms with Gasteiger partial charge in [-0.1, -0.05) is 25.1 Å². The van der Waals surface area contributed by atoms with E-state index < -0.39 is 0 Å². The Hall–Kier alpha value is -2.83. The van der Waals surface area contributed by atoms with Crippen molar-refractivity contribution in [3.05, 3.63) is 47.0 Å². The highest BCUT2D eigenvalue weighted by Gasteiger charge is 2.17. The molecule has 0 radical (unpaired) electrons. The maximum absolute atomic E-state index is 12.4. The number of anilines is 1. The van der Waals surface area contributed by atoms with Crippen LogP contribution in [0, 0.1) is 13.8 Å². The molecule has 3 rings (SSSR count). The Balaban J connectivity index is 1.97. The smallest absolute Gasteiger partial charge is 0.278 e. The van der Waals surface area contributed by atoms with Gasteiger partial charge in [-0.2, -0.15) is 9.50 Å². The van der Waals surface area contributed by atoms with Crippen LogP contribution < -0.4 is 5.32 Å². The van der Waals surface area contributed by atoms with Crippen LogP contribution in [0.4, 0.5) is 5.69 Å². The number of carbonyl (C=O) groups excluding carboxylic acids is 1. The Kier molecular flexibility index (Phi) is 3.54. The summed E-state index contributed by atoms with van der Waals surface area (Å²) in [7, 11) is 0. The molecule has 3 aromatic rings. The number of fused-ring (bicyclic) bond motifs is 1. The first kappa shape index (κ1) is 14.1. The van der Waals surface area contributed by atoms with Gasteiger partial charge >= 0.3 is 0 Å². The minimum atomic E-state index is -0.310. The molecule has 0 unspecified atom stereocenters. The summed E-state index contributed by atoms with van der Waals surface area (Å²) in [5.41, 5.74) is 2.59. The van der Waals surface area contributed by atoms with Crippen LogP contribution in [-0.4, -0.2) is 30.7 Å². The van der Waals surface area contributed by atoms with E-state index in [0.29, 0.717) is 23.7 Å². The minimum Gasteiger partial charge on any atom is -0.320 e. The molecule has 2 aromatic heterocycles. The lowest BCUT2D eigenvalue weighted by Gasteiger charge is -2.08. The minimum absolute atomic E-state index is 0.239. The predicted octanol–water partition coefficient (Wildman–Crippen LogP) is 1.95. The average Bonchev–Trinajstić information content (AvgIpc) is 2.94. The number of nitrogens with zero attached hydrogens (tertiary/aromatic N) is 5. The van der Waals surface area contributed by atoms with Crippen molar-refractivity contribution in [2.45, 2.75) is 27.2 Å². The van der Waals surface area contributed by atoms with E-state index in [4.69, 9.17) is 0 Å². The van der Waals surface area contributed by atoms with Crippen LogP contribution in [0.15, 0.2) is 24.3 Å². The molecule has 7 nitrogen and oxygen atoms in total. The second-order valence-electron chi connectivity index (χ2n) is 5.00. The molecule has 0 spiro atoms. The van der Waals surface area contributed by atoms with Crippen molar-refractivity contribution >= 4 is 17.4 Å². The highest BCUT2D eigenvalue weighted by Crippen LogP contribution is 2.15. The third-order valence-electron chi connectivity index (χ3n) is 3.46. The van der Waals surface area contributed by atoms with Gasteiger partial charge in [0.1, 0.15) is 0 Å². The van der Waals surface area contributed by atoms with Crippen LogP contribution >= 0.6 is 0 Å². The number of nitrogens with one attached hydrogen (secondary N) is 1. The summed E-state index contributed by atoms with van der Waals surface area (Å²) in [5, 5.41) is 15.1. The Morgan fingerprint density at radius 1 is 1.23 bits per heavy atom. The molecule has 0 saturated carbocycles. The molecule has 22 heavy (non-hydrogen) atoms. The van der Waals surface area contributed by atoms with E-state index in [0.717, 1.165) is 11.3 Å². The van der Waals surface area contributed by atoms with E-state index in [1.54, 1.807) is 11.4 Å². The quantitative estimate of drug-likeness (QED) is 0.798. The molecule has 1 N–H and O–H groups in total. The topological polar surface area (TPSA) is 85.1 Å². The lowest BCUT2D eigenvalue weighted by molar-refractivity contribution is 0.102. The zero-order valence-electron chi connectivity index (χ0n) is 12.7. The number of para-hydroxylation sites is 1. The molecule has 0 fully saturated rings. The molecule has 112 valence electrons. The van der Waals surface area contributed by atoms with E-state index in [-0.39, 0.29) is 11.6 Å². The van der Waals surface area contributed by atoms with Crippen LogP contribution in [0.3, 0.4) is 0 Å². The van der Waals surface area contributed by atoms with Gasteiger partial charge in [-0.15, -0.1) is 15.3 Å². The third-order valence-corrected chi connectivity index (χ3v) is 3.46. The van der Waals surface area contributed by atoms with Gasteiger partial charge in [0.15, 0.2) is 11.5 Å². The zero-order chi connectivity index (χ0) is 15.7. The Morgan fingerprint density at radius 3 is 2.73 bits per heavy atom. The maximum atomic E-state index is 12.4. The summed E-state index contributed by atoms with van der Waals surface area (Å²) in [4.78, 5) is 16.7. The molecule has 0 aliphatic heterocycles. The predicted molar refractivity (Wildman–Crippen MR) is 81.8 cm³/mol. The van der Waals surface area contributed by atoms with E-state index >= 15 is 0 Å². The SMILES string of the molecule is CCc1nc2nnc(C(=O)Nc3ccccc3C)c(C)n2n1. The number of hydrogen-bond donors (Lipinski definition) is 1. The van der Waals surface area contributed by atoms with Gasteiger partial charge in [-0.05, 0) is 25.5 Å². The van der Waals surface area contributed by atoms with Crippen molar-refractivity contribution in [3.8, 4) is 0 Å². The average molecular weight is 296 g/mol. The lowest BCUT2D eigenvalue weighted by Crippen LogP contribution is -2.19. The number of hydrogen-bond acceptors (Lipinski definition) is 5. The molecule has 1 aromatic carbocycles. The van der Waals surface area contributed by atoms with E-state index in [1.165, 1.54) is 0 Å². The number of amides is 1. The van der Waals surface area contributed by atoms with Crippen molar-refractivity contribution < 1.29 is 4.79 Å². The summed E-state index contributed by atoms with van der Waals surface area (Å²) >= 11 is 0. The molecule has 7 heteroatoms. The van der Waals surface area contributed by atoms with Gasteiger partial charge in [-0.25, -0.2) is 0 Å². The molecule has 1 amide bonds. The first-order chi connectivity index (χ1) is 10.6. The number of carbonyl (C=O) groups is 1. The third kappa shape index (κ3) is 2.41. The molecule has 0 saturated heterocycles. The first-order valence-corrected chi connectivity index (χ1v) is 7.06. The number of aromatic nitrogens is 5. The molecule has 0 aliphatic carbocycles. The van der Waals surface area contributed by atoms with Gasteiger partial charge in [0.2, 0.25) is 0 Å². The Labute approximate surface area is 127 Å². The van der Waals surface area contributed by atoms with Crippen LogP contribution in [-0.2, 0) is 6.42 Å². The summed E-state index contributed by atoms with van der Waals surface area (Å²) in [6, 6.07) is 7.57. The fourth-order valence-corrected chi connectivity index (χ4v) is 2.16. The van der Waals surface area contributed by atoms with Crippen LogP contribution in [0.25, 0.3) is 5.78 Å². The molecule has 0 bridgehead atoms. The van der Waals surface area contributed by atoms with E-state index in [1.807, 2.05) is 38.1 Å². The van der Waals surface area contributed by atoms with Gasteiger partial charge in [-0.3, -0.25) is 4.79 Å². The maximum Gasteiger partial charge on any atom is 0.278 e. The van der Waals surface area contributed by atoms with Crippen molar-refractivity contribution in [2.24, 2.45) is 0 Å². The van der Waals surface area contributed by atoms with E-state index in [9.17, 15) is 4.79 Å². The summed E-state index contributed by atoms with van der Waals surface area (Å²) in [6.07, 6.45) is 0.702. The highest BCUT2D eigenvalue weighted by molar-refractivity contribution is 6.03. The monoisotopic (exact) mass is 296 g/mol. The molecule has 2 heterocycles. The molecular formula is C15H16N6O. The summed E-state index contributed by atoms with van der Waals surface area (Å²) in [5.74, 6) is 0.769. The number of rotatable bonds is 3. The second kappa shape index (κ2) is 5.51. The largest absolute Gasteiger partial charge is 0.320 e. The van der Waals surface area contributed by atoms with Crippen molar-refractivity contribution in [2.75, 3.05) is 5.32 Å². The van der Waals surface area contributed by atoms with Crippen molar-refractivity contribution in [1.82, 2.24) is 24.8 Å². The molecule has 0 atom stereocenters. The first-order valence-electron chi connectivity index (χ1n) is 7.06. The van der Waals surface area contributed by atoms with Crippen LogP contribution in [0.5, 0.6) is 0 Å².